The summed E-state index contributed by atoms with van der Waals surface area (Å²) < 4.78 is 11.3. The van der Waals surface area contributed by atoms with Gasteiger partial charge in [0.2, 0.25) is 0 Å². The van der Waals surface area contributed by atoms with Crippen LogP contribution < -0.4 is 4.74 Å². The van der Waals surface area contributed by atoms with Gasteiger partial charge in [-0.2, -0.15) is 0 Å². The maximum Gasteiger partial charge on any atom is 0.353 e. The highest BCUT2D eigenvalue weighted by Crippen LogP contribution is 2.35. The molecule has 0 aliphatic heterocycles. The number of ether oxygens (including phenoxy) is 2. The lowest BCUT2D eigenvalue weighted by Crippen LogP contribution is -2.15. The molecule has 2 aromatic heterocycles. The topological polar surface area (TPSA) is 52.6 Å². The summed E-state index contributed by atoms with van der Waals surface area (Å²) in [7, 11) is 0. The molecule has 2 aromatic carbocycles. The van der Waals surface area contributed by atoms with Crippen molar-refractivity contribution in [1.82, 2.24) is 0 Å². The Morgan fingerprint density at radius 2 is 1.12 bits per heavy atom. The SMILES string of the molecule is CCCCCCCCCCCCc1ccc(-c2ccc(C(=O)Oc3ccc(-c4ccc(C(=O)O[C@@H](C)CCCCCC)cc4)cc3)s2)s1. The first-order chi connectivity index (χ1) is 23.5. The van der Waals surface area contributed by atoms with E-state index < -0.39 is 0 Å². The number of thiophene rings is 2. The summed E-state index contributed by atoms with van der Waals surface area (Å²) in [4.78, 5) is 29.8. The lowest BCUT2D eigenvalue weighted by molar-refractivity contribution is 0.0319. The Morgan fingerprint density at radius 3 is 1.77 bits per heavy atom. The number of carbonyl (C=O) groups is 2. The van der Waals surface area contributed by atoms with Crippen molar-refractivity contribution >= 4 is 34.6 Å². The zero-order valence-corrected chi connectivity index (χ0v) is 30.9. The highest BCUT2D eigenvalue weighted by atomic mass is 32.1. The molecule has 2 heterocycles. The Kier molecular flexibility index (Phi) is 16.4. The number of benzene rings is 2. The van der Waals surface area contributed by atoms with Crippen LogP contribution in [0.15, 0.2) is 72.8 Å². The van der Waals surface area contributed by atoms with Crippen molar-refractivity contribution < 1.29 is 19.1 Å². The standard InChI is InChI=1S/C42H54O4S2/c1-4-6-8-10-11-12-13-14-15-17-19-37-28-29-38(47-37)39-30-31-40(48-39)42(44)46-36-26-24-34(25-27-36)33-20-22-35(23-21-33)41(43)45-32(3)18-16-9-7-5-2/h20-32H,4-19H2,1-3H3/t32-/m0/s1. The van der Waals surface area contributed by atoms with E-state index >= 15 is 0 Å². The molecule has 1 atom stereocenters. The number of esters is 2. The molecule has 4 rings (SSSR count). The van der Waals surface area contributed by atoms with Gasteiger partial charge in [0, 0.05) is 14.6 Å². The summed E-state index contributed by atoms with van der Waals surface area (Å²) in [6, 6.07) is 23.2. The average molecular weight is 687 g/mol. The Morgan fingerprint density at radius 1 is 0.583 bits per heavy atom. The van der Waals surface area contributed by atoms with Crippen LogP contribution in [0.3, 0.4) is 0 Å². The number of hydrogen-bond donors (Lipinski definition) is 0. The van der Waals surface area contributed by atoms with Crippen molar-refractivity contribution in [3.05, 3.63) is 88.1 Å². The summed E-state index contributed by atoms with van der Waals surface area (Å²) in [5.74, 6) is -0.127. The molecule has 0 radical (unpaired) electrons. The minimum absolute atomic E-state index is 0.0855. The van der Waals surface area contributed by atoms with Crippen molar-refractivity contribution in [1.29, 1.82) is 0 Å². The van der Waals surface area contributed by atoms with Crippen molar-refractivity contribution in [2.24, 2.45) is 0 Å². The minimum atomic E-state index is -0.344. The molecular formula is C42H54O4S2. The van der Waals surface area contributed by atoms with Crippen LogP contribution in [0.4, 0.5) is 0 Å². The molecule has 0 aliphatic carbocycles. The van der Waals surface area contributed by atoms with Gasteiger partial charge in [0.25, 0.3) is 0 Å². The van der Waals surface area contributed by atoms with Crippen LogP contribution in [0, 0.1) is 0 Å². The van der Waals surface area contributed by atoms with Gasteiger partial charge in [-0.05, 0) is 92.3 Å². The summed E-state index contributed by atoms with van der Waals surface area (Å²) in [6.07, 6.45) is 20.2. The minimum Gasteiger partial charge on any atom is -0.459 e. The molecule has 0 aliphatic rings. The van der Waals surface area contributed by atoms with E-state index in [4.69, 9.17) is 9.47 Å². The molecule has 0 saturated heterocycles. The van der Waals surface area contributed by atoms with Crippen molar-refractivity contribution in [3.63, 3.8) is 0 Å². The summed E-state index contributed by atoms with van der Waals surface area (Å²) in [5.41, 5.74) is 2.50. The quantitative estimate of drug-likeness (QED) is 0.0469. The molecule has 0 amide bonds. The van der Waals surface area contributed by atoms with Crippen LogP contribution in [-0.4, -0.2) is 18.0 Å². The number of carbonyl (C=O) groups excluding carboxylic acids is 2. The van der Waals surface area contributed by atoms with E-state index in [0.29, 0.717) is 16.2 Å². The molecule has 258 valence electrons. The summed E-state index contributed by atoms with van der Waals surface area (Å²) >= 11 is 3.32. The van der Waals surface area contributed by atoms with Gasteiger partial charge in [0.05, 0.1) is 11.7 Å². The van der Waals surface area contributed by atoms with E-state index in [1.165, 1.54) is 105 Å². The maximum absolute atomic E-state index is 12.9. The van der Waals surface area contributed by atoms with Gasteiger partial charge in [-0.15, -0.1) is 22.7 Å². The Balaban J connectivity index is 1.19. The third-order valence-corrected chi connectivity index (χ3v) is 11.2. The van der Waals surface area contributed by atoms with Crippen molar-refractivity contribution in [2.45, 2.75) is 130 Å². The molecule has 0 N–H and O–H groups in total. The fourth-order valence-electron chi connectivity index (χ4n) is 5.85. The fraction of sp³-hybridized carbons (Fsp3) is 0.476. The number of aryl methyl sites for hydroxylation is 1. The lowest BCUT2D eigenvalue weighted by Gasteiger charge is -2.13. The third kappa shape index (κ3) is 12.7. The number of unbranched alkanes of at least 4 members (excludes halogenated alkanes) is 12. The van der Waals surface area contributed by atoms with E-state index in [1.807, 2.05) is 66.8 Å². The van der Waals surface area contributed by atoms with Gasteiger partial charge in [0.15, 0.2) is 0 Å². The fourth-order valence-corrected chi connectivity index (χ4v) is 7.87. The Bertz CT molecular complexity index is 1500. The molecular weight excluding hydrogens is 633 g/mol. The predicted octanol–water partition coefficient (Wildman–Crippen LogP) is 13.3. The first-order valence-electron chi connectivity index (χ1n) is 18.3. The Hall–Kier alpha value is -3.22. The van der Waals surface area contributed by atoms with Crippen LogP contribution in [0.1, 0.15) is 142 Å². The number of rotatable bonds is 22. The molecule has 0 saturated carbocycles. The van der Waals surface area contributed by atoms with Crippen LogP contribution in [-0.2, 0) is 11.2 Å². The molecule has 0 bridgehead atoms. The van der Waals surface area contributed by atoms with Crippen molar-refractivity contribution in [2.75, 3.05) is 0 Å². The molecule has 4 aromatic rings. The largest absolute Gasteiger partial charge is 0.459 e. The van der Waals surface area contributed by atoms with E-state index in [-0.39, 0.29) is 18.0 Å². The van der Waals surface area contributed by atoms with Gasteiger partial charge in [-0.1, -0.05) is 115 Å². The van der Waals surface area contributed by atoms with Gasteiger partial charge in [0.1, 0.15) is 10.6 Å². The average Bonchev–Trinajstić information content (AvgIpc) is 3.79. The van der Waals surface area contributed by atoms with Gasteiger partial charge < -0.3 is 9.47 Å². The normalized spacial score (nSPS) is 11.8. The van der Waals surface area contributed by atoms with Gasteiger partial charge in [-0.25, -0.2) is 9.59 Å². The predicted molar refractivity (Wildman–Crippen MR) is 204 cm³/mol. The summed E-state index contributed by atoms with van der Waals surface area (Å²) in [5, 5.41) is 0. The molecule has 6 heteroatoms. The zero-order valence-electron chi connectivity index (χ0n) is 29.3. The van der Waals surface area contributed by atoms with E-state index in [9.17, 15) is 9.59 Å². The highest BCUT2D eigenvalue weighted by Gasteiger charge is 2.15. The van der Waals surface area contributed by atoms with Crippen LogP contribution in [0.2, 0.25) is 0 Å². The second-order valence-electron chi connectivity index (χ2n) is 12.9. The zero-order chi connectivity index (χ0) is 34.0. The Labute approximate surface area is 296 Å². The van der Waals surface area contributed by atoms with Crippen LogP contribution in [0.5, 0.6) is 5.75 Å². The second-order valence-corrected chi connectivity index (χ2v) is 15.2. The second kappa shape index (κ2) is 21.0. The third-order valence-electron chi connectivity index (χ3n) is 8.78. The van der Waals surface area contributed by atoms with Crippen LogP contribution >= 0.6 is 22.7 Å². The summed E-state index contributed by atoms with van der Waals surface area (Å²) in [6.45, 7) is 6.43. The lowest BCUT2D eigenvalue weighted by atomic mass is 10.0. The molecule has 0 fully saturated rings. The molecule has 0 spiro atoms. The number of hydrogen-bond acceptors (Lipinski definition) is 6. The van der Waals surface area contributed by atoms with Gasteiger partial charge >= 0.3 is 11.9 Å². The first-order valence-corrected chi connectivity index (χ1v) is 19.9. The van der Waals surface area contributed by atoms with Crippen molar-refractivity contribution in [3.8, 4) is 26.6 Å². The maximum atomic E-state index is 12.9. The molecule has 0 unspecified atom stereocenters. The molecule has 48 heavy (non-hydrogen) atoms. The first kappa shape index (κ1) is 37.6. The highest BCUT2D eigenvalue weighted by molar-refractivity contribution is 7.23. The van der Waals surface area contributed by atoms with E-state index in [1.54, 1.807) is 12.1 Å². The monoisotopic (exact) mass is 686 g/mol. The smallest absolute Gasteiger partial charge is 0.353 e. The molecule has 4 nitrogen and oxygen atoms in total. The van der Waals surface area contributed by atoms with Crippen LogP contribution in [0.25, 0.3) is 20.9 Å². The van der Waals surface area contributed by atoms with E-state index in [2.05, 4.69) is 26.0 Å². The van der Waals surface area contributed by atoms with E-state index in [0.717, 1.165) is 35.3 Å². The van der Waals surface area contributed by atoms with Gasteiger partial charge in [-0.3, -0.25) is 0 Å².